The minimum Gasteiger partial charge on any atom is -0.379 e. The summed E-state index contributed by atoms with van der Waals surface area (Å²) in [4.78, 5) is 2.46. The lowest BCUT2D eigenvalue weighted by Crippen LogP contribution is -2.55. The lowest BCUT2D eigenvalue weighted by atomic mass is 9.98. The van der Waals surface area contributed by atoms with Crippen LogP contribution >= 0.6 is 0 Å². The van der Waals surface area contributed by atoms with Crippen LogP contribution in [0.5, 0.6) is 0 Å². The van der Waals surface area contributed by atoms with Gasteiger partial charge in [0.05, 0.1) is 12.1 Å². The van der Waals surface area contributed by atoms with Crippen LogP contribution in [0.25, 0.3) is 0 Å². The molecule has 1 aromatic carbocycles. The number of fused-ring (bicyclic) bond motifs is 1. The van der Waals surface area contributed by atoms with Crippen molar-refractivity contribution in [3.63, 3.8) is 0 Å². The molecule has 0 radical (unpaired) electrons. The Hall–Kier alpha value is -1.06. The van der Waals surface area contributed by atoms with Crippen LogP contribution in [0.2, 0.25) is 0 Å². The number of benzene rings is 1. The number of ether oxygens (including phenoxy) is 1. The molecular formula is C16H26N2O. The highest BCUT2D eigenvalue weighted by Crippen LogP contribution is 2.31. The van der Waals surface area contributed by atoms with E-state index in [1.54, 1.807) is 0 Å². The van der Waals surface area contributed by atoms with Crippen molar-refractivity contribution in [2.75, 3.05) is 31.2 Å². The molecule has 19 heavy (non-hydrogen) atoms. The van der Waals surface area contributed by atoms with Crippen molar-refractivity contribution in [2.45, 2.75) is 38.6 Å². The molecule has 1 aliphatic heterocycles. The van der Waals surface area contributed by atoms with Crippen LogP contribution in [0, 0.1) is 0 Å². The molecule has 0 aliphatic carbocycles. The zero-order chi connectivity index (χ0) is 13.7. The molecule has 1 atom stereocenters. The first-order valence-electron chi connectivity index (χ1n) is 7.34. The molecule has 106 valence electrons. The molecular weight excluding hydrogens is 236 g/mol. The average molecular weight is 262 g/mol. The van der Waals surface area contributed by atoms with Crippen LogP contribution < -0.4 is 10.6 Å². The van der Waals surface area contributed by atoms with Crippen LogP contribution in [0.1, 0.15) is 32.3 Å². The smallest absolute Gasteiger partial charge is 0.0728 e. The second-order valence-electron chi connectivity index (χ2n) is 5.58. The van der Waals surface area contributed by atoms with Gasteiger partial charge in [-0.1, -0.05) is 18.2 Å². The number of para-hydroxylation sites is 1. The zero-order valence-corrected chi connectivity index (χ0v) is 12.2. The first-order valence-corrected chi connectivity index (χ1v) is 7.34. The third-order valence-electron chi connectivity index (χ3n) is 4.07. The fourth-order valence-corrected chi connectivity index (χ4v) is 2.82. The summed E-state index contributed by atoms with van der Waals surface area (Å²) in [5, 5.41) is 0. The minimum atomic E-state index is -0.115. The minimum absolute atomic E-state index is 0.115. The number of aryl methyl sites for hydroxylation is 1. The SMILES string of the molecule is CCOCC(C)(CN)N1CCCCc2ccccc21. The van der Waals surface area contributed by atoms with Crippen LogP contribution in [0.15, 0.2) is 24.3 Å². The Morgan fingerprint density at radius 1 is 1.32 bits per heavy atom. The fraction of sp³-hybridized carbons (Fsp3) is 0.625. The normalized spacial score (nSPS) is 18.6. The molecule has 1 aliphatic rings. The van der Waals surface area contributed by atoms with Gasteiger partial charge in [-0.05, 0) is 44.7 Å². The Labute approximate surface area is 116 Å². The van der Waals surface area contributed by atoms with Gasteiger partial charge in [0.25, 0.3) is 0 Å². The number of hydrogen-bond acceptors (Lipinski definition) is 3. The predicted octanol–water partition coefficient (Wildman–Crippen LogP) is 2.58. The van der Waals surface area contributed by atoms with E-state index in [0.717, 1.165) is 13.2 Å². The monoisotopic (exact) mass is 262 g/mol. The van der Waals surface area contributed by atoms with E-state index in [1.165, 1.54) is 30.5 Å². The van der Waals surface area contributed by atoms with Crippen molar-refractivity contribution in [2.24, 2.45) is 5.73 Å². The summed E-state index contributed by atoms with van der Waals surface area (Å²) in [5.74, 6) is 0. The van der Waals surface area contributed by atoms with E-state index in [2.05, 4.69) is 36.1 Å². The van der Waals surface area contributed by atoms with Gasteiger partial charge in [0.1, 0.15) is 0 Å². The highest BCUT2D eigenvalue weighted by atomic mass is 16.5. The molecule has 2 N–H and O–H groups in total. The van der Waals surface area contributed by atoms with Gasteiger partial charge >= 0.3 is 0 Å². The standard InChI is InChI=1S/C16H26N2O/c1-3-19-13-16(2,12-17)18-11-7-6-9-14-8-4-5-10-15(14)18/h4-5,8,10H,3,6-7,9,11-13,17H2,1-2H3. The molecule has 1 heterocycles. The molecule has 1 unspecified atom stereocenters. The van der Waals surface area contributed by atoms with E-state index in [4.69, 9.17) is 10.5 Å². The molecule has 1 aromatic rings. The Bertz CT molecular complexity index is 407. The third-order valence-corrected chi connectivity index (χ3v) is 4.07. The Morgan fingerprint density at radius 2 is 2.11 bits per heavy atom. The second kappa shape index (κ2) is 6.40. The molecule has 0 bridgehead atoms. The lowest BCUT2D eigenvalue weighted by molar-refractivity contribution is 0.0999. The first-order chi connectivity index (χ1) is 9.21. The molecule has 0 fully saturated rings. The molecule has 3 nitrogen and oxygen atoms in total. The van der Waals surface area contributed by atoms with E-state index in [1.807, 2.05) is 6.92 Å². The number of rotatable bonds is 5. The molecule has 0 amide bonds. The summed E-state index contributed by atoms with van der Waals surface area (Å²) in [6.45, 7) is 7.36. The average Bonchev–Trinajstić information content (AvgIpc) is 2.67. The van der Waals surface area contributed by atoms with Crippen molar-refractivity contribution >= 4 is 5.69 Å². The molecule has 3 heteroatoms. The number of anilines is 1. The van der Waals surface area contributed by atoms with E-state index < -0.39 is 0 Å². The molecule has 0 spiro atoms. The fourth-order valence-electron chi connectivity index (χ4n) is 2.82. The maximum Gasteiger partial charge on any atom is 0.0728 e. The van der Waals surface area contributed by atoms with Crippen molar-refractivity contribution in [1.29, 1.82) is 0 Å². The summed E-state index contributed by atoms with van der Waals surface area (Å²) in [5.41, 5.74) is 8.73. The van der Waals surface area contributed by atoms with Crippen LogP contribution in [0.3, 0.4) is 0 Å². The van der Waals surface area contributed by atoms with Gasteiger partial charge in [0, 0.05) is 25.4 Å². The number of nitrogens with zero attached hydrogens (tertiary/aromatic N) is 1. The van der Waals surface area contributed by atoms with Crippen LogP contribution in [-0.4, -0.2) is 31.8 Å². The van der Waals surface area contributed by atoms with Crippen molar-refractivity contribution < 1.29 is 4.74 Å². The highest BCUT2D eigenvalue weighted by molar-refractivity contribution is 5.56. The maximum atomic E-state index is 6.07. The van der Waals surface area contributed by atoms with Crippen molar-refractivity contribution in [3.8, 4) is 0 Å². The van der Waals surface area contributed by atoms with Gasteiger partial charge in [0.15, 0.2) is 0 Å². The summed E-state index contributed by atoms with van der Waals surface area (Å²) >= 11 is 0. The topological polar surface area (TPSA) is 38.5 Å². The van der Waals surface area contributed by atoms with Gasteiger partial charge < -0.3 is 15.4 Å². The Balaban J connectivity index is 2.31. The summed E-state index contributed by atoms with van der Waals surface area (Å²) < 4.78 is 5.68. The highest BCUT2D eigenvalue weighted by Gasteiger charge is 2.32. The first kappa shape index (κ1) is 14.4. The van der Waals surface area contributed by atoms with Crippen molar-refractivity contribution in [3.05, 3.63) is 29.8 Å². The lowest BCUT2D eigenvalue weighted by Gasteiger charge is -2.42. The Morgan fingerprint density at radius 3 is 2.84 bits per heavy atom. The molecule has 0 saturated carbocycles. The maximum absolute atomic E-state index is 6.07. The molecule has 0 saturated heterocycles. The van der Waals surface area contributed by atoms with Gasteiger partial charge in [0.2, 0.25) is 0 Å². The summed E-state index contributed by atoms with van der Waals surface area (Å²) in [6.07, 6.45) is 3.64. The summed E-state index contributed by atoms with van der Waals surface area (Å²) in [6, 6.07) is 8.71. The third kappa shape index (κ3) is 3.10. The second-order valence-corrected chi connectivity index (χ2v) is 5.58. The predicted molar refractivity (Wildman–Crippen MR) is 80.7 cm³/mol. The van der Waals surface area contributed by atoms with E-state index in [9.17, 15) is 0 Å². The largest absolute Gasteiger partial charge is 0.379 e. The summed E-state index contributed by atoms with van der Waals surface area (Å²) in [7, 11) is 0. The van der Waals surface area contributed by atoms with Crippen LogP contribution in [0.4, 0.5) is 5.69 Å². The van der Waals surface area contributed by atoms with E-state index in [-0.39, 0.29) is 5.54 Å². The molecule has 2 rings (SSSR count). The van der Waals surface area contributed by atoms with Gasteiger partial charge in [-0.2, -0.15) is 0 Å². The van der Waals surface area contributed by atoms with Crippen molar-refractivity contribution in [1.82, 2.24) is 0 Å². The van der Waals surface area contributed by atoms with Gasteiger partial charge in [-0.15, -0.1) is 0 Å². The van der Waals surface area contributed by atoms with Gasteiger partial charge in [-0.3, -0.25) is 0 Å². The van der Waals surface area contributed by atoms with Crippen LogP contribution in [-0.2, 0) is 11.2 Å². The van der Waals surface area contributed by atoms with Gasteiger partial charge in [-0.25, -0.2) is 0 Å². The molecule has 0 aromatic heterocycles. The number of hydrogen-bond donors (Lipinski definition) is 1. The van der Waals surface area contributed by atoms with E-state index in [0.29, 0.717) is 13.2 Å². The quantitative estimate of drug-likeness (QED) is 0.886. The number of nitrogens with two attached hydrogens (primary N) is 1. The Kier molecular flexibility index (Phi) is 4.83. The zero-order valence-electron chi connectivity index (χ0n) is 12.2. The van der Waals surface area contributed by atoms with E-state index >= 15 is 0 Å².